The number of hydrogen-bond acceptors (Lipinski definition) is 3. The van der Waals surface area contributed by atoms with Crippen LogP contribution in [0.25, 0.3) is 11.0 Å². The number of fused-ring (bicyclic) bond motifs is 1. The molecule has 0 saturated heterocycles. The lowest BCUT2D eigenvalue weighted by molar-refractivity contribution is -0.113. The number of hydrogen-bond donors (Lipinski definition) is 3. The van der Waals surface area contributed by atoms with Crippen molar-refractivity contribution in [1.29, 1.82) is 0 Å². The summed E-state index contributed by atoms with van der Waals surface area (Å²) in [5, 5.41) is 3.43. The molecule has 7 heteroatoms. The smallest absolute Gasteiger partial charge is 0.323 e. The fraction of sp³-hybridized carbons (Fsp3) is 0.0667. The number of carbonyl (C=O) groups excluding carboxylic acids is 1. The fourth-order valence-corrected chi connectivity index (χ4v) is 3.05. The van der Waals surface area contributed by atoms with E-state index < -0.39 is 0 Å². The quantitative estimate of drug-likeness (QED) is 0.641. The third-order valence-corrected chi connectivity index (χ3v) is 4.51. The molecule has 5 nitrogen and oxygen atoms in total. The predicted molar refractivity (Wildman–Crippen MR) is 89.7 cm³/mol. The van der Waals surface area contributed by atoms with E-state index in [2.05, 4.69) is 15.3 Å². The van der Waals surface area contributed by atoms with Crippen molar-refractivity contribution >= 4 is 46.0 Å². The van der Waals surface area contributed by atoms with E-state index in [1.54, 1.807) is 24.3 Å². The van der Waals surface area contributed by atoms with Gasteiger partial charge in [-0.2, -0.15) is 0 Å². The van der Waals surface area contributed by atoms with E-state index in [1.807, 2.05) is 18.2 Å². The van der Waals surface area contributed by atoms with Crippen LogP contribution >= 0.6 is 23.4 Å². The van der Waals surface area contributed by atoms with Gasteiger partial charge in [-0.05, 0) is 30.3 Å². The number of benzene rings is 2. The molecule has 0 spiro atoms. The molecule has 3 N–H and O–H groups in total. The number of anilines is 1. The van der Waals surface area contributed by atoms with E-state index in [1.165, 1.54) is 11.8 Å². The van der Waals surface area contributed by atoms with Gasteiger partial charge in [-0.25, -0.2) is 4.79 Å². The third kappa shape index (κ3) is 3.35. The van der Waals surface area contributed by atoms with Crippen LogP contribution in [0.5, 0.6) is 0 Å². The summed E-state index contributed by atoms with van der Waals surface area (Å²) in [4.78, 5) is 29.4. The van der Waals surface area contributed by atoms with E-state index >= 15 is 0 Å². The van der Waals surface area contributed by atoms with Gasteiger partial charge in [0.25, 0.3) is 0 Å². The first-order valence-corrected chi connectivity index (χ1v) is 7.87. The Morgan fingerprint density at radius 2 is 1.91 bits per heavy atom. The van der Waals surface area contributed by atoms with E-state index in [0.29, 0.717) is 21.7 Å². The van der Waals surface area contributed by atoms with Gasteiger partial charge >= 0.3 is 5.69 Å². The molecule has 0 aliphatic carbocycles. The van der Waals surface area contributed by atoms with Gasteiger partial charge in [-0.3, -0.25) is 4.79 Å². The molecule has 0 bridgehead atoms. The van der Waals surface area contributed by atoms with Crippen LogP contribution in [0.4, 0.5) is 5.69 Å². The van der Waals surface area contributed by atoms with Crippen molar-refractivity contribution in [3.63, 3.8) is 0 Å². The van der Waals surface area contributed by atoms with Gasteiger partial charge < -0.3 is 15.3 Å². The van der Waals surface area contributed by atoms with Gasteiger partial charge in [0.1, 0.15) is 0 Å². The predicted octanol–water partition coefficient (Wildman–Crippen LogP) is 3.24. The zero-order valence-electron chi connectivity index (χ0n) is 11.4. The number of carbonyl (C=O) groups is 1. The van der Waals surface area contributed by atoms with Crippen molar-refractivity contribution in [2.45, 2.75) is 4.90 Å². The van der Waals surface area contributed by atoms with Crippen LogP contribution in [0.1, 0.15) is 0 Å². The highest BCUT2D eigenvalue weighted by molar-refractivity contribution is 8.00. The average molecular weight is 334 g/mol. The number of amides is 1. The first-order valence-electron chi connectivity index (χ1n) is 6.51. The minimum atomic E-state index is -0.271. The van der Waals surface area contributed by atoms with Gasteiger partial charge in [0.2, 0.25) is 5.91 Å². The van der Waals surface area contributed by atoms with E-state index in [0.717, 1.165) is 4.90 Å². The number of thioether (sulfide) groups is 1. The SMILES string of the molecule is O=C(CSc1ccccc1Cl)Nc1ccc2[nH]c(=O)[nH]c2c1. The van der Waals surface area contributed by atoms with Crippen molar-refractivity contribution in [2.75, 3.05) is 11.1 Å². The van der Waals surface area contributed by atoms with E-state index in [9.17, 15) is 9.59 Å². The number of nitrogens with one attached hydrogen (secondary N) is 3. The van der Waals surface area contributed by atoms with Crippen molar-refractivity contribution in [3.8, 4) is 0 Å². The molecule has 0 saturated carbocycles. The largest absolute Gasteiger partial charge is 0.325 e. The molecule has 0 unspecified atom stereocenters. The zero-order valence-corrected chi connectivity index (χ0v) is 12.9. The maximum absolute atomic E-state index is 12.0. The van der Waals surface area contributed by atoms with Gasteiger partial charge in [0.05, 0.1) is 21.8 Å². The summed E-state index contributed by atoms with van der Waals surface area (Å²) in [7, 11) is 0. The summed E-state index contributed by atoms with van der Waals surface area (Å²) in [6.07, 6.45) is 0. The fourth-order valence-electron chi connectivity index (χ4n) is 2.01. The number of aromatic amines is 2. The molecule has 1 amide bonds. The minimum absolute atomic E-state index is 0.137. The lowest BCUT2D eigenvalue weighted by atomic mass is 10.3. The second-order valence-electron chi connectivity index (χ2n) is 4.61. The molecule has 0 atom stereocenters. The second kappa shape index (κ2) is 6.29. The number of H-pyrrole nitrogens is 2. The molecule has 3 rings (SSSR count). The Morgan fingerprint density at radius 1 is 1.14 bits per heavy atom. The molecule has 0 aliphatic heterocycles. The summed E-state index contributed by atoms with van der Waals surface area (Å²) >= 11 is 7.42. The highest BCUT2D eigenvalue weighted by atomic mass is 35.5. The molecule has 0 aliphatic rings. The van der Waals surface area contributed by atoms with Gasteiger partial charge in [0.15, 0.2) is 0 Å². The maximum atomic E-state index is 12.0. The second-order valence-corrected chi connectivity index (χ2v) is 6.03. The van der Waals surface area contributed by atoms with E-state index in [-0.39, 0.29) is 17.3 Å². The first-order chi connectivity index (χ1) is 10.6. The van der Waals surface area contributed by atoms with Crippen LogP contribution in [-0.2, 0) is 4.79 Å². The van der Waals surface area contributed by atoms with Gasteiger partial charge in [-0.15, -0.1) is 11.8 Å². The standard InChI is InChI=1S/C15H12ClN3O2S/c16-10-3-1-2-4-13(10)22-8-14(20)17-9-5-6-11-12(7-9)19-15(21)18-11/h1-7H,8H2,(H,17,20)(H2,18,19,21). The van der Waals surface area contributed by atoms with Crippen molar-refractivity contribution in [3.05, 3.63) is 58.0 Å². The molecule has 0 radical (unpaired) electrons. The summed E-state index contributed by atoms with van der Waals surface area (Å²) < 4.78 is 0. The molecule has 2 aromatic carbocycles. The van der Waals surface area contributed by atoms with Crippen LogP contribution in [0.3, 0.4) is 0 Å². The minimum Gasteiger partial charge on any atom is -0.325 e. The average Bonchev–Trinajstić information content (AvgIpc) is 2.86. The summed E-state index contributed by atoms with van der Waals surface area (Å²) in [5.74, 6) is 0.118. The molecular weight excluding hydrogens is 322 g/mol. The molecule has 22 heavy (non-hydrogen) atoms. The normalized spacial score (nSPS) is 10.8. The van der Waals surface area contributed by atoms with Crippen molar-refractivity contribution < 1.29 is 4.79 Å². The van der Waals surface area contributed by atoms with Crippen LogP contribution in [0, 0.1) is 0 Å². The number of rotatable bonds is 4. The molecule has 1 heterocycles. The van der Waals surface area contributed by atoms with Gasteiger partial charge in [-0.1, -0.05) is 23.7 Å². The van der Waals surface area contributed by atoms with Crippen molar-refractivity contribution in [1.82, 2.24) is 9.97 Å². The molecule has 0 fully saturated rings. The third-order valence-electron chi connectivity index (χ3n) is 3.00. The topological polar surface area (TPSA) is 77.8 Å². The van der Waals surface area contributed by atoms with Crippen LogP contribution in [0.15, 0.2) is 52.2 Å². The molecule has 112 valence electrons. The summed E-state index contributed by atoms with van der Waals surface area (Å²) in [6.45, 7) is 0. The number of aromatic nitrogens is 2. The highest BCUT2D eigenvalue weighted by Gasteiger charge is 2.07. The lowest BCUT2D eigenvalue weighted by Crippen LogP contribution is -2.13. The number of imidazole rings is 1. The van der Waals surface area contributed by atoms with Crippen LogP contribution in [0.2, 0.25) is 5.02 Å². The Kier molecular flexibility index (Phi) is 4.22. The monoisotopic (exact) mass is 333 g/mol. The number of halogens is 1. The molecular formula is C15H12ClN3O2S. The Labute approximate surface area is 135 Å². The Morgan fingerprint density at radius 3 is 2.73 bits per heavy atom. The molecule has 1 aromatic heterocycles. The highest BCUT2D eigenvalue weighted by Crippen LogP contribution is 2.26. The Balaban J connectivity index is 1.65. The zero-order chi connectivity index (χ0) is 15.5. The summed E-state index contributed by atoms with van der Waals surface area (Å²) in [5.41, 5.74) is 1.72. The Bertz CT molecular complexity index is 888. The van der Waals surface area contributed by atoms with Gasteiger partial charge in [0, 0.05) is 10.6 Å². The first kappa shape index (κ1) is 14.7. The lowest BCUT2D eigenvalue weighted by Gasteiger charge is -2.06. The molecule has 3 aromatic rings. The van der Waals surface area contributed by atoms with E-state index in [4.69, 9.17) is 11.6 Å². The maximum Gasteiger partial charge on any atom is 0.323 e. The van der Waals surface area contributed by atoms with Crippen molar-refractivity contribution in [2.24, 2.45) is 0 Å². The Hall–Kier alpha value is -2.18. The summed E-state index contributed by atoms with van der Waals surface area (Å²) in [6, 6.07) is 12.6. The van der Waals surface area contributed by atoms with Crippen LogP contribution in [-0.4, -0.2) is 21.6 Å². The van der Waals surface area contributed by atoms with Crippen LogP contribution < -0.4 is 11.0 Å².